The van der Waals surface area contributed by atoms with Crippen LogP contribution in [0.25, 0.3) is 0 Å². The summed E-state index contributed by atoms with van der Waals surface area (Å²) in [7, 11) is 1.51. The number of benzene rings is 1. The molecule has 0 aliphatic heterocycles. The Kier molecular flexibility index (Phi) is 3.69. The van der Waals surface area contributed by atoms with Gasteiger partial charge in [-0.15, -0.1) is 0 Å². The van der Waals surface area contributed by atoms with Crippen LogP contribution in [0.5, 0.6) is 5.75 Å². The van der Waals surface area contributed by atoms with E-state index in [0.717, 1.165) is 0 Å². The first-order chi connectivity index (χ1) is 7.33. The molecule has 0 aromatic heterocycles. The largest absolute Gasteiger partial charge is 0.495 e. The lowest BCUT2D eigenvalue weighted by Gasteiger charge is -2.08. The molecule has 86 valence electrons. The Hall–Kier alpha value is -1.37. The molecule has 0 saturated carbocycles. The summed E-state index contributed by atoms with van der Waals surface area (Å²) in [5, 5.41) is 9.88. The highest BCUT2D eigenvalue weighted by atomic mass is 35.5. The highest BCUT2D eigenvalue weighted by Gasteiger charge is 2.09. The first-order valence-electron chi connectivity index (χ1n) is 4.72. The van der Waals surface area contributed by atoms with Gasteiger partial charge in [0.1, 0.15) is 11.4 Å². The van der Waals surface area contributed by atoms with Gasteiger partial charge >= 0.3 is 0 Å². The fraction of sp³-hybridized carbons (Fsp3) is 0.333. The van der Waals surface area contributed by atoms with E-state index in [9.17, 15) is 5.11 Å². The van der Waals surface area contributed by atoms with Crippen molar-refractivity contribution in [1.29, 1.82) is 0 Å². The van der Waals surface area contributed by atoms with E-state index < -0.39 is 5.60 Å². The van der Waals surface area contributed by atoms with Gasteiger partial charge in [-0.05, 0) is 19.9 Å². The Morgan fingerprint density at radius 2 is 2.06 bits per heavy atom. The van der Waals surface area contributed by atoms with Crippen molar-refractivity contribution in [1.82, 2.24) is 0 Å². The molecule has 4 heteroatoms. The number of nitrogens with two attached hydrogens (primary N) is 1. The number of rotatable bonds is 1. The zero-order valence-electron chi connectivity index (χ0n) is 9.47. The van der Waals surface area contributed by atoms with Crippen molar-refractivity contribution in [3.8, 4) is 17.6 Å². The van der Waals surface area contributed by atoms with Crippen LogP contribution < -0.4 is 10.5 Å². The highest BCUT2D eigenvalue weighted by molar-refractivity contribution is 6.33. The Morgan fingerprint density at radius 3 is 2.56 bits per heavy atom. The number of halogens is 1. The first-order valence-corrected chi connectivity index (χ1v) is 5.10. The minimum absolute atomic E-state index is 0.397. The average molecular weight is 240 g/mol. The van der Waals surface area contributed by atoms with Crippen LogP contribution in [-0.4, -0.2) is 17.8 Å². The van der Waals surface area contributed by atoms with Gasteiger partial charge < -0.3 is 15.6 Å². The normalized spacial score (nSPS) is 10.6. The molecule has 0 atom stereocenters. The monoisotopic (exact) mass is 239 g/mol. The highest BCUT2D eigenvalue weighted by Crippen LogP contribution is 2.30. The molecule has 1 aromatic rings. The van der Waals surface area contributed by atoms with Crippen LogP contribution in [0.4, 0.5) is 5.69 Å². The number of nitrogen functional groups attached to an aromatic ring is 1. The molecule has 3 N–H and O–H groups in total. The SMILES string of the molecule is COc1cc(N)cc(C#CC(C)(C)O)c1Cl. The van der Waals surface area contributed by atoms with Crippen molar-refractivity contribution in [2.75, 3.05) is 12.8 Å². The maximum Gasteiger partial charge on any atom is 0.140 e. The van der Waals surface area contributed by atoms with Gasteiger partial charge in [-0.1, -0.05) is 23.4 Å². The maximum absolute atomic E-state index is 9.49. The zero-order chi connectivity index (χ0) is 12.3. The number of ether oxygens (including phenoxy) is 1. The number of methoxy groups -OCH3 is 1. The fourth-order valence-electron chi connectivity index (χ4n) is 1.08. The summed E-state index contributed by atoms with van der Waals surface area (Å²) < 4.78 is 5.06. The van der Waals surface area contributed by atoms with Crippen LogP contribution in [0.3, 0.4) is 0 Å². The lowest BCUT2D eigenvalue weighted by atomic mass is 10.1. The standard InChI is InChI=1S/C12H14ClNO2/c1-12(2,15)5-4-8-6-9(14)7-10(16-3)11(8)13/h6-7,15H,14H2,1-3H3. The minimum atomic E-state index is -1.07. The molecule has 0 fully saturated rings. The van der Waals surface area contributed by atoms with E-state index in [0.29, 0.717) is 22.0 Å². The van der Waals surface area contributed by atoms with Crippen LogP contribution in [0.2, 0.25) is 5.02 Å². The number of aliphatic hydroxyl groups is 1. The number of hydrogen-bond donors (Lipinski definition) is 2. The van der Waals surface area contributed by atoms with Crippen LogP contribution >= 0.6 is 11.6 Å². The fourth-order valence-corrected chi connectivity index (χ4v) is 1.31. The summed E-state index contributed by atoms with van der Waals surface area (Å²) in [6.07, 6.45) is 0. The quantitative estimate of drug-likeness (QED) is 0.583. The molecule has 0 heterocycles. The summed E-state index contributed by atoms with van der Waals surface area (Å²) in [5.41, 5.74) is 5.66. The Bertz CT molecular complexity index is 453. The molecule has 16 heavy (non-hydrogen) atoms. The van der Waals surface area contributed by atoms with Gasteiger partial charge in [0.25, 0.3) is 0 Å². The smallest absolute Gasteiger partial charge is 0.140 e. The van der Waals surface area contributed by atoms with Crippen molar-refractivity contribution in [2.45, 2.75) is 19.4 Å². The molecule has 0 bridgehead atoms. The molecular formula is C12H14ClNO2. The van der Waals surface area contributed by atoms with E-state index in [4.69, 9.17) is 22.1 Å². The third kappa shape index (κ3) is 3.34. The summed E-state index contributed by atoms with van der Waals surface area (Å²) in [6, 6.07) is 3.27. The van der Waals surface area contributed by atoms with E-state index in [1.807, 2.05) is 0 Å². The van der Waals surface area contributed by atoms with Gasteiger partial charge in [0.05, 0.1) is 12.1 Å². The molecular weight excluding hydrogens is 226 g/mol. The number of hydrogen-bond acceptors (Lipinski definition) is 3. The second-order valence-electron chi connectivity index (χ2n) is 3.89. The van der Waals surface area contributed by atoms with Crippen molar-refractivity contribution in [3.63, 3.8) is 0 Å². The van der Waals surface area contributed by atoms with Crippen LogP contribution in [0, 0.1) is 11.8 Å². The molecule has 0 amide bonds. The van der Waals surface area contributed by atoms with E-state index >= 15 is 0 Å². The average Bonchev–Trinajstić information content (AvgIpc) is 2.17. The van der Waals surface area contributed by atoms with Crippen molar-refractivity contribution < 1.29 is 9.84 Å². The molecule has 0 aliphatic rings. The van der Waals surface area contributed by atoms with E-state index in [2.05, 4.69) is 11.8 Å². The third-order valence-electron chi connectivity index (χ3n) is 1.78. The zero-order valence-corrected chi connectivity index (χ0v) is 10.2. The van der Waals surface area contributed by atoms with Crippen LogP contribution in [0.15, 0.2) is 12.1 Å². The van der Waals surface area contributed by atoms with Crippen molar-refractivity contribution in [2.24, 2.45) is 0 Å². The van der Waals surface area contributed by atoms with Gasteiger partial charge in [0, 0.05) is 17.3 Å². The second-order valence-corrected chi connectivity index (χ2v) is 4.27. The lowest BCUT2D eigenvalue weighted by Crippen LogP contribution is -2.14. The molecule has 1 rings (SSSR count). The van der Waals surface area contributed by atoms with E-state index in [-0.39, 0.29) is 0 Å². The predicted octanol–water partition coefficient (Wildman–Crippen LogP) is 2.05. The third-order valence-corrected chi connectivity index (χ3v) is 2.17. The second kappa shape index (κ2) is 4.65. The van der Waals surface area contributed by atoms with Crippen LogP contribution in [-0.2, 0) is 0 Å². The summed E-state index contributed by atoms with van der Waals surface area (Å²) in [6.45, 7) is 3.19. The maximum atomic E-state index is 9.49. The van der Waals surface area contributed by atoms with Crippen molar-refractivity contribution in [3.05, 3.63) is 22.7 Å². The Labute approximate surface area is 100 Å². The van der Waals surface area contributed by atoms with E-state index in [1.165, 1.54) is 7.11 Å². The van der Waals surface area contributed by atoms with Gasteiger partial charge in [0.2, 0.25) is 0 Å². The van der Waals surface area contributed by atoms with Crippen molar-refractivity contribution >= 4 is 17.3 Å². The summed E-state index contributed by atoms with van der Waals surface area (Å²) in [5.74, 6) is 5.92. The summed E-state index contributed by atoms with van der Waals surface area (Å²) in [4.78, 5) is 0. The molecule has 3 nitrogen and oxygen atoms in total. The number of anilines is 1. The Morgan fingerprint density at radius 1 is 1.44 bits per heavy atom. The lowest BCUT2D eigenvalue weighted by molar-refractivity contribution is 0.143. The van der Waals surface area contributed by atoms with E-state index in [1.54, 1.807) is 26.0 Å². The first kappa shape index (κ1) is 12.7. The molecule has 0 unspecified atom stereocenters. The molecule has 0 aliphatic carbocycles. The predicted molar refractivity (Wildman–Crippen MR) is 65.6 cm³/mol. The van der Waals surface area contributed by atoms with Crippen LogP contribution in [0.1, 0.15) is 19.4 Å². The molecule has 0 radical (unpaired) electrons. The summed E-state index contributed by atoms with van der Waals surface area (Å²) >= 11 is 6.05. The molecule has 1 aromatic carbocycles. The molecule has 0 saturated heterocycles. The molecule has 0 spiro atoms. The van der Waals surface area contributed by atoms with Gasteiger partial charge in [-0.2, -0.15) is 0 Å². The Balaban J connectivity index is 3.23. The topological polar surface area (TPSA) is 55.5 Å². The van der Waals surface area contributed by atoms with Gasteiger partial charge in [-0.25, -0.2) is 0 Å². The van der Waals surface area contributed by atoms with Gasteiger partial charge in [-0.3, -0.25) is 0 Å². The van der Waals surface area contributed by atoms with Gasteiger partial charge in [0.15, 0.2) is 0 Å². The minimum Gasteiger partial charge on any atom is -0.495 e.